The third-order valence-corrected chi connectivity index (χ3v) is 2.44. The highest BCUT2D eigenvalue weighted by molar-refractivity contribution is 6.31. The van der Waals surface area contributed by atoms with Crippen LogP contribution in [0.4, 0.5) is 11.5 Å². The van der Waals surface area contributed by atoms with Gasteiger partial charge in [0.25, 0.3) is 0 Å². The van der Waals surface area contributed by atoms with E-state index in [1.54, 1.807) is 12.3 Å². The molecule has 1 aliphatic heterocycles. The number of aromatic nitrogens is 1. The molecule has 5 heteroatoms. The van der Waals surface area contributed by atoms with E-state index in [0.29, 0.717) is 17.3 Å². The summed E-state index contributed by atoms with van der Waals surface area (Å²) in [6.45, 7) is 3.27. The molecule has 0 aromatic carbocycles. The van der Waals surface area contributed by atoms with E-state index < -0.39 is 0 Å². The van der Waals surface area contributed by atoms with Gasteiger partial charge in [0.2, 0.25) is 5.91 Å². The monoisotopic (exact) mass is 225 g/mol. The van der Waals surface area contributed by atoms with Gasteiger partial charge in [-0.25, -0.2) is 4.98 Å². The molecule has 0 aliphatic carbocycles. The fraction of sp³-hybridized carbons (Fsp3) is 0.400. The van der Waals surface area contributed by atoms with Gasteiger partial charge in [-0.2, -0.15) is 0 Å². The lowest BCUT2D eigenvalue weighted by Gasteiger charge is -2.29. The predicted octanol–water partition coefficient (Wildman–Crippen LogP) is 1.90. The second kappa shape index (κ2) is 4.06. The van der Waals surface area contributed by atoms with Crippen molar-refractivity contribution in [1.29, 1.82) is 0 Å². The molecule has 15 heavy (non-hydrogen) atoms. The van der Waals surface area contributed by atoms with Crippen LogP contribution in [0.2, 0.25) is 5.02 Å². The Morgan fingerprint density at radius 3 is 3.20 bits per heavy atom. The summed E-state index contributed by atoms with van der Waals surface area (Å²) < 4.78 is 0. The first kappa shape index (κ1) is 10.2. The molecule has 2 rings (SSSR count). The molecule has 0 spiro atoms. The lowest BCUT2D eigenvalue weighted by Crippen LogP contribution is -2.39. The Morgan fingerprint density at radius 2 is 2.47 bits per heavy atom. The van der Waals surface area contributed by atoms with Crippen LogP contribution in [0.3, 0.4) is 0 Å². The normalized spacial score (nSPS) is 14.8. The summed E-state index contributed by atoms with van der Waals surface area (Å²) in [6.07, 6.45) is 2.58. The zero-order chi connectivity index (χ0) is 10.8. The van der Waals surface area contributed by atoms with Crippen LogP contribution >= 0.6 is 11.6 Å². The van der Waals surface area contributed by atoms with Crippen molar-refractivity contribution in [3.05, 3.63) is 17.3 Å². The number of pyridine rings is 1. The van der Waals surface area contributed by atoms with Gasteiger partial charge in [0, 0.05) is 12.7 Å². The fourth-order valence-corrected chi connectivity index (χ4v) is 1.83. The lowest BCUT2D eigenvalue weighted by molar-refractivity contribution is -0.115. The maximum Gasteiger partial charge on any atom is 0.244 e. The largest absolute Gasteiger partial charge is 0.346 e. The van der Waals surface area contributed by atoms with Crippen LogP contribution in [-0.4, -0.2) is 24.0 Å². The van der Waals surface area contributed by atoms with Crippen LogP contribution in [0.1, 0.15) is 13.3 Å². The molecule has 1 amide bonds. The first-order valence-corrected chi connectivity index (χ1v) is 5.29. The zero-order valence-corrected chi connectivity index (χ0v) is 9.21. The van der Waals surface area contributed by atoms with Crippen molar-refractivity contribution in [3.63, 3.8) is 0 Å². The number of carbonyl (C=O) groups is 1. The van der Waals surface area contributed by atoms with Crippen LogP contribution in [-0.2, 0) is 4.79 Å². The van der Waals surface area contributed by atoms with E-state index in [-0.39, 0.29) is 5.91 Å². The number of halogens is 1. The van der Waals surface area contributed by atoms with E-state index in [1.807, 2.05) is 4.90 Å². The summed E-state index contributed by atoms with van der Waals surface area (Å²) in [5.41, 5.74) is 0.701. The standard InChI is InChI=1S/C10H12ClN3O/c1-2-3-14-6-9(15)13-8-4-7(11)5-12-10(8)14/h4-5H,2-3,6H2,1H3,(H,13,15). The highest BCUT2D eigenvalue weighted by Crippen LogP contribution is 2.29. The maximum atomic E-state index is 11.4. The minimum atomic E-state index is -0.0139. The van der Waals surface area contributed by atoms with Crippen molar-refractivity contribution in [2.45, 2.75) is 13.3 Å². The number of amides is 1. The molecule has 0 saturated heterocycles. The summed E-state index contributed by atoms with van der Waals surface area (Å²) in [7, 11) is 0. The number of hydrogen-bond acceptors (Lipinski definition) is 3. The Hall–Kier alpha value is -1.29. The van der Waals surface area contributed by atoms with Gasteiger partial charge in [-0.05, 0) is 12.5 Å². The first-order valence-electron chi connectivity index (χ1n) is 4.91. The number of nitrogens with zero attached hydrogens (tertiary/aromatic N) is 2. The molecule has 1 aliphatic rings. The Bertz CT molecular complexity index is 394. The van der Waals surface area contributed by atoms with Crippen LogP contribution < -0.4 is 10.2 Å². The van der Waals surface area contributed by atoms with Crippen molar-refractivity contribution in [3.8, 4) is 0 Å². The SMILES string of the molecule is CCCN1CC(=O)Nc2cc(Cl)cnc21. The Morgan fingerprint density at radius 1 is 1.67 bits per heavy atom. The molecule has 0 fully saturated rings. The zero-order valence-electron chi connectivity index (χ0n) is 8.46. The highest BCUT2D eigenvalue weighted by atomic mass is 35.5. The Balaban J connectivity index is 2.37. The van der Waals surface area contributed by atoms with Gasteiger partial charge in [0.05, 0.1) is 17.3 Å². The third kappa shape index (κ3) is 2.04. The number of hydrogen-bond donors (Lipinski definition) is 1. The molecule has 1 N–H and O–H groups in total. The number of nitrogens with one attached hydrogen (secondary N) is 1. The fourth-order valence-electron chi connectivity index (χ4n) is 1.67. The summed E-state index contributed by atoms with van der Waals surface area (Å²) in [5.74, 6) is 0.792. The van der Waals surface area contributed by atoms with E-state index in [9.17, 15) is 4.79 Å². The number of anilines is 2. The van der Waals surface area contributed by atoms with Crippen LogP contribution in [0, 0.1) is 0 Å². The maximum absolute atomic E-state index is 11.4. The van der Waals surface area contributed by atoms with E-state index in [1.165, 1.54) is 0 Å². The smallest absolute Gasteiger partial charge is 0.244 e. The van der Waals surface area contributed by atoms with Crippen molar-refractivity contribution in [1.82, 2.24) is 4.98 Å². The molecule has 1 aromatic heterocycles. The summed E-state index contributed by atoms with van der Waals surface area (Å²) in [4.78, 5) is 17.6. The summed E-state index contributed by atoms with van der Waals surface area (Å²) in [6, 6.07) is 1.73. The van der Waals surface area contributed by atoms with Crippen molar-refractivity contribution in [2.75, 3.05) is 23.3 Å². The van der Waals surface area contributed by atoms with Gasteiger partial charge in [-0.15, -0.1) is 0 Å². The van der Waals surface area contributed by atoms with Gasteiger partial charge in [0.15, 0.2) is 5.82 Å². The van der Waals surface area contributed by atoms with Gasteiger partial charge < -0.3 is 10.2 Å². The molecule has 0 saturated carbocycles. The molecule has 4 nitrogen and oxygen atoms in total. The molecule has 0 unspecified atom stereocenters. The van der Waals surface area contributed by atoms with Crippen LogP contribution in [0.25, 0.3) is 0 Å². The van der Waals surface area contributed by atoms with E-state index in [4.69, 9.17) is 11.6 Å². The van der Waals surface area contributed by atoms with E-state index in [0.717, 1.165) is 18.8 Å². The molecular formula is C10H12ClN3O. The molecular weight excluding hydrogens is 214 g/mol. The topological polar surface area (TPSA) is 45.2 Å². The minimum absolute atomic E-state index is 0.0139. The van der Waals surface area contributed by atoms with Gasteiger partial charge in [-0.1, -0.05) is 18.5 Å². The second-order valence-corrected chi connectivity index (χ2v) is 3.93. The second-order valence-electron chi connectivity index (χ2n) is 3.49. The molecule has 0 atom stereocenters. The number of rotatable bonds is 2. The molecule has 0 bridgehead atoms. The van der Waals surface area contributed by atoms with Crippen molar-refractivity contribution in [2.24, 2.45) is 0 Å². The van der Waals surface area contributed by atoms with E-state index in [2.05, 4.69) is 17.2 Å². The van der Waals surface area contributed by atoms with Gasteiger partial charge in [0.1, 0.15) is 0 Å². The third-order valence-electron chi connectivity index (χ3n) is 2.23. The summed E-state index contributed by atoms with van der Waals surface area (Å²) >= 11 is 5.82. The summed E-state index contributed by atoms with van der Waals surface area (Å²) in [5, 5.41) is 3.30. The van der Waals surface area contributed by atoms with Crippen LogP contribution in [0.15, 0.2) is 12.3 Å². The Labute approximate surface area is 93.2 Å². The average molecular weight is 226 g/mol. The van der Waals surface area contributed by atoms with Crippen molar-refractivity contribution >= 4 is 29.0 Å². The molecule has 80 valence electrons. The number of carbonyl (C=O) groups excluding carboxylic acids is 1. The molecule has 0 radical (unpaired) electrons. The number of fused-ring (bicyclic) bond motifs is 1. The quantitative estimate of drug-likeness (QED) is 0.836. The van der Waals surface area contributed by atoms with Gasteiger partial charge in [-0.3, -0.25) is 4.79 Å². The highest BCUT2D eigenvalue weighted by Gasteiger charge is 2.22. The molecule has 2 heterocycles. The predicted molar refractivity (Wildman–Crippen MR) is 60.4 cm³/mol. The van der Waals surface area contributed by atoms with E-state index >= 15 is 0 Å². The lowest BCUT2D eigenvalue weighted by atomic mass is 10.2. The van der Waals surface area contributed by atoms with Crippen LogP contribution in [0.5, 0.6) is 0 Å². The van der Waals surface area contributed by atoms with Crippen molar-refractivity contribution < 1.29 is 4.79 Å². The van der Waals surface area contributed by atoms with Gasteiger partial charge >= 0.3 is 0 Å². The first-order chi connectivity index (χ1) is 7.20. The molecule has 1 aromatic rings. The minimum Gasteiger partial charge on any atom is -0.346 e. The Kier molecular flexibility index (Phi) is 2.77. The average Bonchev–Trinajstić information content (AvgIpc) is 2.17.